The van der Waals surface area contributed by atoms with Crippen LogP contribution in [0, 0.1) is 23.7 Å². The minimum Gasteiger partial charge on any atom is -0.327 e. The van der Waals surface area contributed by atoms with Crippen molar-refractivity contribution in [2.45, 2.75) is 65.8 Å². The summed E-state index contributed by atoms with van der Waals surface area (Å²) in [5, 5.41) is 0. The van der Waals surface area contributed by atoms with Gasteiger partial charge in [-0.15, -0.1) is 0 Å². The summed E-state index contributed by atoms with van der Waals surface area (Å²) in [7, 11) is 0. The first kappa shape index (κ1) is 13.0. The van der Waals surface area contributed by atoms with Gasteiger partial charge in [0.15, 0.2) is 0 Å². The van der Waals surface area contributed by atoms with Gasteiger partial charge < -0.3 is 5.73 Å². The van der Waals surface area contributed by atoms with E-state index >= 15 is 0 Å². The lowest BCUT2D eigenvalue weighted by Crippen LogP contribution is -2.34. The maximum absolute atomic E-state index is 6.28. The van der Waals surface area contributed by atoms with E-state index in [4.69, 9.17) is 5.73 Å². The van der Waals surface area contributed by atoms with Crippen LogP contribution in [-0.2, 0) is 0 Å². The van der Waals surface area contributed by atoms with E-state index < -0.39 is 0 Å². The number of hydrogen-bond acceptors (Lipinski definition) is 1. The van der Waals surface area contributed by atoms with Gasteiger partial charge in [0, 0.05) is 6.04 Å². The second-order valence-corrected chi connectivity index (χ2v) is 6.09. The Labute approximate surface area is 95.8 Å². The van der Waals surface area contributed by atoms with E-state index in [1.807, 2.05) is 0 Å². The average molecular weight is 211 g/mol. The van der Waals surface area contributed by atoms with Gasteiger partial charge in [-0.1, -0.05) is 40.5 Å². The maximum atomic E-state index is 6.28. The molecule has 0 aliphatic heterocycles. The molecule has 1 fully saturated rings. The lowest BCUT2D eigenvalue weighted by atomic mass is 9.84. The van der Waals surface area contributed by atoms with Crippen molar-refractivity contribution in [1.82, 2.24) is 0 Å². The van der Waals surface area contributed by atoms with E-state index in [9.17, 15) is 0 Å². The summed E-state index contributed by atoms with van der Waals surface area (Å²) in [5.41, 5.74) is 6.28. The van der Waals surface area contributed by atoms with Crippen LogP contribution in [0.4, 0.5) is 0 Å². The summed E-state index contributed by atoms with van der Waals surface area (Å²) < 4.78 is 0. The molecule has 0 saturated heterocycles. The largest absolute Gasteiger partial charge is 0.327 e. The molecule has 0 aromatic carbocycles. The minimum absolute atomic E-state index is 0.427. The Balaban J connectivity index is 2.45. The highest BCUT2D eigenvalue weighted by molar-refractivity contribution is 4.80. The fraction of sp³-hybridized carbons (Fsp3) is 1.00. The van der Waals surface area contributed by atoms with Crippen molar-refractivity contribution in [3.05, 3.63) is 0 Å². The Bertz CT molecular complexity index is 174. The summed E-state index contributed by atoms with van der Waals surface area (Å²) in [6.07, 6.45) is 6.96. The predicted octanol–water partition coefficient (Wildman–Crippen LogP) is 3.82. The van der Waals surface area contributed by atoms with E-state index in [2.05, 4.69) is 27.7 Å². The fourth-order valence-electron chi connectivity index (χ4n) is 2.95. The molecule has 1 heteroatoms. The molecule has 3 unspecified atom stereocenters. The van der Waals surface area contributed by atoms with E-state index in [-0.39, 0.29) is 0 Å². The zero-order valence-corrected chi connectivity index (χ0v) is 11.0. The molecule has 15 heavy (non-hydrogen) atoms. The molecule has 0 bridgehead atoms. The zero-order chi connectivity index (χ0) is 11.4. The first-order valence-corrected chi connectivity index (χ1v) is 6.78. The Hall–Kier alpha value is -0.0400. The highest BCUT2D eigenvalue weighted by Crippen LogP contribution is 2.33. The standard InChI is InChI=1S/C14H29N/c1-10(2)12-6-5-7-13(9-8-12)14(15)11(3)4/h10-14H,5-9,15H2,1-4H3. The van der Waals surface area contributed by atoms with Gasteiger partial charge >= 0.3 is 0 Å². The van der Waals surface area contributed by atoms with Crippen LogP contribution in [-0.4, -0.2) is 6.04 Å². The monoisotopic (exact) mass is 211 g/mol. The summed E-state index contributed by atoms with van der Waals surface area (Å²) in [5.74, 6) is 3.24. The SMILES string of the molecule is CC(C)C1CCCC(C(N)C(C)C)CC1. The van der Waals surface area contributed by atoms with Crippen molar-refractivity contribution in [3.63, 3.8) is 0 Å². The molecule has 2 N–H and O–H groups in total. The molecule has 1 nitrogen and oxygen atoms in total. The Morgan fingerprint density at radius 3 is 1.93 bits per heavy atom. The molecule has 0 aromatic rings. The topological polar surface area (TPSA) is 26.0 Å². The predicted molar refractivity (Wildman–Crippen MR) is 67.7 cm³/mol. The van der Waals surface area contributed by atoms with Crippen LogP contribution in [0.25, 0.3) is 0 Å². The molecule has 0 radical (unpaired) electrons. The van der Waals surface area contributed by atoms with Crippen LogP contribution in [0.5, 0.6) is 0 Å². The Kier molecular flexibility index (Phi) is 5.11. The number of rotatable bonds is 3. The maximum Gasteiger partial charge on any atom is 0.00903 e. The van der Waals surface area contributed by atoms with Gasteiger partial charge in [-0.05, 0) is 42.9 Å². The average Bonchev–Trinajstić information content (AvgIpc) is 2.41. The van der Waals surface area contributed by atoms with Crippen molar-refractivity contribution < 1.29 is 0 Å². The molecule has 1 aliphatic rings. The van der Waals surface area contributed by atoms with E-state index in [0.717, 1.165) is 17.8 Å². The number of nitrogens with two attached hydrogens (primary N) is 1. The highest BCUT2D eigenvalue weighted by atomic mass is 14.7. The molecule has 1 aliphatic carbocycles. The molecule has 0 heterocycles. The van der Waals surface area contributed by atoms with E-state index in [1.165, 1.54) is 32.1 Å². The van der Waals surface area contributed by atoms with Gasteiger partial charge in [0.2, 0.25) is 0 Å². The zero-order valence-electron chi connectivity index (χ0n) is 11.0. The number of hydrogen-bond donors (Lipinski definition) is 1. The molecular formula is C14H29N. The van der Waals surface area contributed by atoms with Crippen LogP contribution < -0.4 is 5.73 Å². The van der Waals surface area contributed by atoms with Crippen molar-refractivity contribution >= 4 is 0 Å². The third-order valence-corrected chi connectivity index (χ3v) is 4.32. The lowest BCUT2D eigenvalue weighted by Gasteiger charge is -2.26. The van der Waals surface area contributed by atoms with Crippen molar-refractivity contribution in [1.29, 1.82) is 0 Å². The molecule has 90 valence electrons. The Morgan fingerprint density at radius 1 is 0.867 bits per heavy atom. The van der Waals surface area contributed by atoms with Crippen molar-refractivity contribution in [2.24, 2.45) is 29.4 Å². The first-order valence-electron chi connectivity index (χ1n) is 6.78. The summed E-state index contributed by atoms with van der Waals surface area (Å²) >= 11 is 0. The highest BCUT2D eigenvalue weighted by Gasteiger charge is 2.25. The normalized spacial score (nSPS) is 30.6. The lowest BCUT2D eigenvalue weighted by molar-refractivity contribution is 0.295. The van der Waals surface area contributed by atoms with Crippen LogP contribution in [0.1, 0.15) is 59.8 Å². The molecular weight excluding hydrogens is 182 g/mol. The third-order valence-electron chi connectivity index (χ3n) is 4.32. The van der Waals surface area contributed by atoms with Gasteiger partial charge in [0.05, 0.1) is 0 Å². The molecule has 3 atom stereocenters. The van der Waals surface area contributed by atoms with Gasteiger partial charge in [-0.25, -0.2) is 0 Å². The molecule has 0 aromatic heterocycles. The van der Waals surface area contributed by atoms with Crippen LogP contribution >= 0.6 is 0 Å². The van der Waals surface area contributed by atoms with Crippen molar-refractivity contribution in [2.75, 3.05) is 0 Å². The second-order valence-electron chi connectivity index (χ2n) is 6.09. The Morgan fingerprint density at radius 2 is 1.40 bits per heavy atom. The summed E-state index contributed by atoms with van der Waals surface area (Å²) in [6.45, 7) is 9.26. The van der Waals surface area contributed by atoms with E-state index in [0.29, 0.717) is 12.0 Å². The van der Waals surface area contributed by atoms with Gasteiger partial charge in [-0.2, -0.15) is 0 Å². The minimum atomic E-state index is 0.427. The summed E-state index contributed by atoms with van der Waals surface area (Å²) in [6, 6.07) is 0.427. The van der Waals surface area contributed by atoms with E-state index in [1.54, 1.807) is 0 Å². The molecule has 0 amide bonds. The van der Waals surface area contributed by atoms with Crippen LogP contribution in [0.2, 0.25) is 0 Å². The second kappa shape index (κ2) is 5.89. The smallest absolute Gasteiger partial charge is 0.00903 e. The quantitative estimate of drug-likeness (QED) is 0.706. The van der Waals surface area contributed by atoms with Gasteiger partial charge in [0.25, 0.3) is 0 Å². The molecule has 1 rings (SSSR count). The first-order chi connectivity index (χ1) is 7.02. The van der Waals surface area contributed by atoms with Crippen molar-refractivity contribution in [3.8, 4) is 0 Å². The fourth-order valence-corrected chi connectivity index (χ4v) is 2.95. The van der Waals surface area contributed by atoms with Crippen LogP contribution in [0.3, 0.4) is 0 Å². The van der Waals surface area contributed by atoms with Gasteiger partial charge in [-0.3, -0.25) is 0 Å². The van der Waals surface area contributed by atoms with Gasteiger partial charge in [0.1, 0.15) is 0 Å². The third kappa shape index (κ3) is 3.79. The molecule has 0 spiro atoms. The summed E-state index contributed by atoms with van der Waals surface area (Å²) in [4.78, 5) is 0. The molecule has 1 saturated carbocycles. The van der Waals surface area contributed by atoms with Crippen LogP contribution in [0.15, 0.2) is 0 Å².